The van der Waals surface area contributed by atoms with E-state index in [0.29, 0.717) is 5.92 Å². The minimum absolute atomic E-state index is 0.0860. The molecule has 0 amide bonds. The van der Waals surface area contributed by atoms with Gasteiger partial charge in [-0.15, -0.1) is 0 Å². The third-order valence-electron chi connectivity index (χ3n) is 3.12. The Balaban J connectivity index is 1.84. The van der Waals surface area contributed by atoms with E-state index in [4.69, 9.17) is 0 Å². The Bertz CT molecular complexity index is 343. The van der Waals surface area contributed by atoms with Crippen LogP contribution in [0.25, 0.3) is 0 Å². The number of aliphatic hydroxyl groups excluding tert-OH is 1. The van der Waals surface area contributed by atoms with Crippen molar-refractivity contribution >= 4 is 11.5 Å². The van der Waals surface area contributed by atoms with Crippen molar-refractivity contribution < 1.29 is 5.11 Å². The lowest BCUT2D eigenvalue weighted by Gasteiger charge is -2.12. The number of nitrogens with zero attached hydrogens (tertiary/aromatic N) is 1. The smallest absolute Gasteiger partial charge is 0.127 e. The second-order valence-corrected chi connectivity index (χ2v) is 4.39. The maximum atomic E-state index is 9.43. The molecule has 2 unspecified atom stereocenters. The molecule has 16 heavy (non-hydrogen) atoms. The summed E-state index contributed by atoms with van der Waals surface area (Å²) in [5.74, 6) is 1.47. The summed E-state index contributed by atoms with van der Waals surface area (Å²) in [5.41, 5.74) is 1.08. The van der Waals surface area contributed by atoms with E-state index in [0.717, 1.165) is 37.3 Å². The van der Waals surface area contributed by atoms with Gasteiger partial charge < -0.3 is 15.7 Å². The lowest BCUT2D eigenvalue weighted by Crippen LogP contribution is -2.12. The van der Waals surface area contributed by atoms with Crippen molar-refractivity contribution in [1.82, 2.24) is 4.98 Å². The fourth-order valence-electron chi connectivity index (χ4n) is 2.17. The molecule has 2 atom stereocenters. The molecule has 1 saturated carbocycles. The topological polar surface area (TPSA) is 57.2 Å². The van der Waals surface area contributed by atoms with Crippen LogP contribution in [0.2, 0.25) is 0 Å². The number of rotatable bonds is 4. The molecule has 0 saturated heterocycles. The normalized spacial score (nSPS) is 24.4. The average molecular weight is 221 g/mol. The maximum Gasteiger partial charge on any atom is 0.127 e. The van der Waals surface area contributed by atoms with Crippen LogP contribution in [0.3, 0.4) is 0 Å². The van der Waals surface area contributed by atoms with Crippen molar-refractivity contribution in [3.63, 3.8) is 0 Å². The number of anilines is 2. The van der Waals surface area contributed by atoms with Gasteiger partial charge >= 0.3 is 0 Å². The second-order valence-electron chi connectivity index (χ2n) is 4.39. The predicted octanol–water partition coefficient (Wildman–Crippen LogP) is 1.70. The Morgan fingerprint density at radius 2 is 2.38 bits per heavy atom. The minimum atomic E-state index is -0.0860. The molecule has 3 N–H and O–H groups in total. The molecule has 1 aromatic heterocycles. The van der Waals surface area contributed by atoms with Crippen LogP contribution >= 0.6 is 0 Å². The zero-order valence-corrected chi connectivity index (χ0v) is 9.61. The van der Waals surface area contributed by atoms with Crippen molar-refractivity contribution in [2.75, 3.05) is 24.2 Å². The highest BCUT2D eigenvalue weighted by Gasteiger charge is 2.22. The molecule has 0 bridgehead atoms. The number of hydrogen-bond acceptors (Lipinski definition) is 4. The lowest BCUT2D eigenvalue weighted by atomic mass is 10.1. The fraction of sp³-hybridized carbons (Fsp3) is 0.583. The van der Waals surface area contributed by atoms with Gasteiger partial charge in [0.25, 0.3) is 0 Å². The van der Waals surface area contributed by atoms with E-state index in [1.165, 1.54) is 0 Å². The van der Waals surface area contributed by atoms with E-state index in [1.807, 2.05) is 19.2 Å². The van der Waals surface area contributed by atoms with E-state index in [1.54, 1.807) is 6.20 Å². The maximum absolute atomic E-state index is 9.43. The summed E-state index contributed by atoms with van der Waals surface area (Å²) in [6.07, 6.45) is 4.70. The van der Waals surface area contributed by atoms with Gasteiger partial charge in [0.15, 0.2) is 0 Å². The Morgan fingerprint density at radius 1 is 1.50 bits per heavy atom. The van der Waals surface area contributed by atoms with Crippen molar-refractivity contribution in [1.29, 1.82) is 0 Å². The van der Waals surface area contributed by atoms with Gasteiger partial charge in [-0.1, -0.05) is 0 Å². The molecule has 1 aliphatic carbocycles. The average Bonchev–Trinajstić information content (AvgIpc) is 2.73. The monoisotopic (exact) mass is 221 g/mol. The van der Waals surface area contributed by atoms with Crippen LogP contribution in [-0.2, 0) is 0 Å². The van der Waals surface area contributed by atoms with E-state index in [-0.39, 0.29) is 6.10 Å². The Hall–Kier alpha value is -1.29. The number of hydrogen-bond donors (Lipinski definition) is 3. The molecule has 1 fully saturated rings. The van der Waals surface area contributed by atoms with Gasteiger partial charge in [-0.2, -0.15) is 0 Å². The Labute approximate surface area is 96.1 Å². The molecule has 4 heteroatoms. The first-order valence-electron chi connectivity index (χ1n) is 5.83. The zero-order chi connectivity index (χ0) is 11.4. The molecule has 1 heterocycles. The van der Waals surface area contributed by atoms with Gasteiger partial charge in [-0.05, 0) is 31.2 Å². The van der Waals surface area contributed by atoms with E-state index in [2.05, 4.69) is 15.6 Å². The van der Waals surface area contributed by atoms with Crippen LogP contribution < -0.4 is 10.6 Å². The Kier molecular flexibility index (Phi) is 3.62. The van der Waals surface area contributed by atoms with Crippen molar-refractivity contribution in [2.45, 2.75) is 25.4 Å². The summed E-state index contributed by atoms with van der Waals surface area (Å²) >= 11 is 0. The molecule has 0 aromatic carbocycles. The summed E-state index contributed by atoms with van der Waals surface area (Å²) in [7, 11) is 1.86. The quantitative estimate of drug-likeness (QED) is 0.724. The van der Waals surface area contributed by atoms with Crippen LogP contribution in [0.15, 0.2) is 18.3 Å². The van der Waals surface area contributed by atoms with Crippen LogP contribution in [0, 0.1) is 5.92 Å². The molecule has 88 valence electrons. The molecule has 1 aromatic rings. The third kappa shape index (κ3) is 2.85. The highest BCUT2D eigenvalue weighted by atomic mass is 16.3. The largest absolute Gasteiger partial charge is 0.393 e. The summed E-state index contributed by atoms with van der Waals surface area (Å²) in [4.78, 5) is 4.16. The molecule has 0 radical (unpaired) electrons. The van der Waals surface area contributed by atoms with Gasteiger partial charge in [0.2, 0.25) is 0 Å². The molecule has 0 aliphatic heterocycles. The predicted molar refractivity (Wildman–Crippen MR) is 65.6 cm³/mol. The van der Waals surface area contributed by atoms with Gasteiger partial charge in [0, 0.05) is 31.5 Å². The molecule has 4 nitrogen and oxygen atoms in total. The van der Waals surface area contributed by atoms with Gasteiger partial charge in [-0.3, -0.25) is 0 Å². The summed E-state index contributed by atoms with van der Waals surface area (Å²) in [6, 6.07) is 3.96. The zero-order valence-electron chi connectivity index (χ0n) is 9.61. The first kappa shape index (κ1) is 11.2. The lowest BCUT2D eigenvalue weighted by molar-refractivity contribution is 0.178. The van der Waals surface area contributed by atoms with Gasteiger partial charge in [0.05, 0.1) is 6.10 Å². The number of nitrogens with one attached hydrogen (secondary N) is 2. The summed E-state index contributed by atoms with van der Waals surface area (Å²) in [5, 5.41) is 15.8. The van der Waals surface area contributed by atoms with Crippen molar-refractivity contribution in [3.8, 4) is 0 Å². The highest BCUT2D eigenvalue weighted by Crippen LogP contribution is 2.25. The van der Waals surface area contributed by atoms with E-state index < -0.39 is 0 Å². The van der Waals surface area contributed by atoms with E-state index >= 15 is 0 Å². The number of aliphatic hydroxyl groups is 1. The third-order valence-corrected chi connectivity index (χ3v) is 3.12. The molecule has 1 aliphatic rings. The number of aromatic nitrogens is 1. The van der Waals surface area contributed by atoms with Crippen LogP contribution in [-0.4, -0.2) is 29.8 Å². The molecule has 0 spiro atoms. The van der Waals surface area contributed by atoms with Gasteiger partial charge in [0.1, 0.15) is 5.82 Å². The first-order chi connectivity index (χ1) is 7.78. The SMILES string of the molecule is CNc1cc(NCC2CCC(O)C2)ccn1. The van der Waals surface area contributed by atoms with Crippen LogP contribution in [0.5, 0.6) is 0 Å². The van der Waals surface area contributed by atoms with Gasteiger partial charge in [-0.25, -0.2) is 4.98 Å². The van der Waals surface area contributed by atoms with Crippen LogP contribution in [0.4, 0.5) is 11.5 Å². The Morgan fingerprint density at radius 3 is 3.06 bits per heavy atom. The number of pyridine rings is 1. The molecule has 2 rings (SSSR count). The van der Waals surface area contributed by atoms with Crippen molar-refractivity contribution in [3.05, 3.63) is 18.3 Å². The summed E-state index contributed by atoms with van der Waals surface area (Å²) in [6.45, 7) is 0.935. The van der Waals surface area contributed by atoms with Crippen LogP contribution in [0.1, 0.15) is 19.3 Å². The molecular weight excluding hydrogens is 202 g/mol. The fourth-order valence-corrected chi connectivity index (χ4v) is 2.17. The minimum Gasteiger partial charge on any atom is -0.393 e. The summed E-state index contributed by atoms with van der Waals surface area (Å²) < 4.78 is 0. The standard InChI is InChI=1S/C12H19N3O/c1-13-12-7-10(4-5-14-12)15-8-9-2-3-11(16)6-9/h4-5,7,9,11,16H,2-3,6,8H2,1H3,(H2,13,14,15). The highest BCUT2D eigenvalue weighted by molar-refractivity contribution is 5.51. The first-order valence-corrected chi connectivity index (χ1v) is 5.83. The van der Waals surface area contributed by atoms with E-state index in [9.17, 15) is 5.11 Å². The molecular formula is C12H19N3O. The second kappa shape index (κ2) is 5.16. The van der Waals surface area contributed by atoms with Crippen molar-refractivity contribution in [2.24, 2.45) is 5.92 Å².